The number of hydrogen-bond donors (Lipinski definition) is 1. The van der Waals surface area contributed by atoms with Crippen LogP contribution >= 0.6 is 11.3 Å². The van der Waals surface area contributed by atoms with E-state index >= 15 is 0 Å². The van der Waals surface area contributed by atoms with Crippen LogP contribution in [0.5, 0.6) is 0 Å². The van der Waals surface area contributed by atoms with E-state index in [9.17, 15) is 9.59 Å². The number of hydrogen-bond acceptors (Lipinski definition) is 5. The first kappa shape index (κ1) is 11.8. The summed E-state index contributed by atoms with van der Waals surface area (Å²) in [5.74, 6) is -0.876. The van der Waals surface area contributed by atoms with Crippen LogP contribution in [0.3, 0.4) is 0 Å². The standard InChI is InChI=1S/C14H8O4S/c15-13-9-3-1-2-4-11(9)19-12-6-5-8(7-10(12)13)14(16)18-17/h1-7,17H. The van der Waals surface area contributed by atoms with Gasteiger partial charge in [0.05, 0.1) is 5.56 Å². The highest BCUT2D eigenvalue weighted by atomic mass is 32.1. The van der Waals surface area contributed by atoms with E-state index in [-0.39, 0.29) is 11.0 Å². The Morgan fingerprint density at radius 1 is 1.05 bits per heavy atom. The molecular weight excluding hydrogens is 264 g/mol. The molecule has 0 radical (unpaired) electrons. The zero-order valence-electron chi connectivity index (χ0n) is 9.62. The van der Waals surface area contributed by atoms with Crippen molar-refractivity contribution in [3.8, 4) is 0 Å². The van der Waals surface area contributed by atoms with Crippen molar-refractivity contribution in [2.24, 2.45) is 0 Å². The fourth-order valence-corrected chi connectivity index (χ4v) is 3.03. The van der Waals surface area contributed by atoms with E-state index in [1.54, 1.807) is 18.2 Å². The average Bonchev–Trinajstić information content (AvgIpc) is 2.46. The van der Waals surface area contributed by atoms with Gasteiger partial charge in [-0.15, -0.1) is 11.3 Å². The molecule has 0 aliphatic rings. The highest BCUT2D eigenvalue weighted by Gasteiger charge is 2.11. The smallest absolute Gasteiger partial charge is 0.296 e. The number of carbonyl (C=O) groups excluding carboxylic acids is 1. The molecule has 0 saturated heterocycles. The van der Waals surface area contributed by atoms with Crippen molar-refractivity contribution in [3.05, 3.63) is 58.3 Å². The lowest BCUT2D eigenvalue weighted by Gasteiger charge is -2.02. The molecule has 4 nitrogen and oxygen atoms in total. The van der Waals surface area contributed by atoms with Crippen molar-refractivity contribution in [1.29, 1.82) is 0 Å². The van der Waals surface area contributed by atoms with E-state index in [0.29, 0.717) is 10.8 Å². The van der Waals surface area contributed by atoms with Gasteiger partial charge in [0.1, 0.15) is 0 Å². The van der Waals surface area contributed by atoms with Gasteiger partial charge in [0.2, 0.25) is 0 Å². The number of rotatable bonds is 1. The Bertz CT molecular complexity index is 851. The summed E-state index contributed by atoms with van der Waals surface area (Å²) in [5, 5.41) is 9.45. The van der Waals surface area contributed by atoms with Crippen LogP contribution in [0, 0.1) is 0 Å². The molecule has 0 atom stereocenters. The zero-order valence-corrected chi connectivity index (χ0v) is 10.4. The number of carbonyl (C=O) groups is 1. The Kier molecular flexibility index (Phi) is 2.77. The van der Waals surface area contributed by atoms with Gasteiger partial charge in [-0.2, -0.15) is 5.26 Å². The minimum atomic E-state index is -0.876. The largest absolute Gasteiger partial charge is 0.372 e. The maximum atomic E-state index is 12.3. The summed E-state index contributed by atoms with van der Waals surface area (Å²) >= 11 is 1.48. The molecule has 5 heteroatoms. The van der Waals surface area contributed by atoms with Gasteiger partial charge >= 0.3 is 5.97 Å². The lowest BCUT2D eigenvalue weighted by Crippen LogP contribution is -2.05. The molecular formula is C14H8O4S. The summed E-state index contributed by atoms with van der Waals surface area (Å²) in [6.45, 7) is 0. The first-order valence-electron chi connectivity index (χ1n) is 5.52. The fraction of sp³-hybridized carbons (Fsp3) is 0. The summed E-state index contributed by atoms with van der Waals surface area (Å²) in [5.41, 5.74) is 0.0199. The molecule has 19 heavy (non-hydrogen) atoms. The Balaban J connectivity index is 2.40. The molecule has 3 aromatic rings. The van der Waals surface area contributed by atoms with Crippen molar-refractivity contribution in [2.45, 2.75) is 0 Å². The molecule has 1 N–H and O–H groups in total. The SMILES string of the molecule is O=C(OO)c1ccc2sc3ccccc3c(=O)c2c1. The van der Waals surface area contributed by atoms with Gasteiger partial charge in [0.15, 0.2) is 5.43 Å². The molecule has 0 aliphatic carbocycles. The summed E-state index contributed by atoms with van der Waals surface area (Å²) < 4.78 is 1.69. The third-order valence-corrected chi connectivity index (χ3v) is 4.05. The van der Waals surface area contributed by atoms with Gasteiger partial charge < -0.3 is 0 Å². The second kappa shape index (κ2) is 4.46. The molecule has 0 fully saturated rings. The van der Waals surface area contributed by atoms with E-state index in [1.807, 2.05) is 12.1 Å². The van der Waals surface area contributed by atoms with E-state index in [4.69, 9.17) is 5.26 Å². The quantitative estimate of drug-likeness (QED) is 0.420. The molecule has 0 bridgehead atoms. The monoisotopic (exact) mass is 272 g/mol. The van der Waals surface area contributed by atoms with Crippen LogP contribution in [0.2, 0.25) is 0 Å². The lowest BCUT2D eigenvalue weighted by atomic mass is 10.1. The van der Waals surface area contributed by atoms with Gasteiger partial charge in [0, 0.05) is 20.2 Å². The predicted octanol–water partition coefficient (Wildman–Crippen LogP) is 3.04. The van der Waals surface area contributed by atoms with Crippen molar-refractivity contribution < 1.29 is 14.9 Å². The first-order chi connectivity index (χ1) is 9.20. The molecule has 2 aromatic carbocycles. The van der Waals surface area contributed by atoms with Crippen LogP contribution in [-0.4, -0.2) is 11.2 Å². The van der Waals surface area contributed by atoms with Crippen molar-refractivity contribution in [3.63, 3.8) is 0 Å². The van der Waals surface area contributed by atoms with Crippen LogP contribution in [0.4, 0.5) is 0 Å². The zero-order chi connectivity index (χ0) is 13.4. The van der Waals surface area contributed by atoms with Crippen LogP contribution in [0.15, 0.2) is 47.3 Å². The third-order valence-electron chi connectivity index (χ3n) is 2.89. The molecule has 0 saturated carbocycles. The highest BCUT2D eigenvalue weighted by molar-refractivity contribution is 7.24. The first-order valence-corrected chi connectivity index (χ1v) is 6.34. The van der Waals surface area contributed by atoms with Gasteiger partial charge in [0.25, 0.3) is 0 Å². The Morgan fingerprint density at radius 2 is 1.79 bits per heavy atom. The topological polar surface area (TPSA) is 63.6 Å². The van der Waals surface area contributed by atoms with E-state index in [0.717, 1.165) is 9.40 Å². The Labute approximate surface area is 111 Å². The molecule has 94 valence electrons. The molecule has 3 rings (SSSR count). The lowest BCUT2D eigenvalue weighted by molar-refractivity contribution is -0.182. The van der Waals surface area contributed by atoms with Crippen LogP contribution < -0.4 is 5.43 Å². The molecule has 0 amide bonds. The molecule has 0 unspecified atom stereocenters. The van der Waals surface area contributed by atoms with Crippen molar-refractivity contribution in [2.75, 3.05) is 0 Å². The van der Waals surface area contributed by atoms with Crippen LogP contribution in [0.1, 0.15) is 10.4 Å². The number of fused-ring (bicyclic) bond motifs is 2. The highest BCUT2D eigenvalue weighted by Crippen LogP contribution is 2.25. The molecule has 1 heterocycles. The summed E-state index contributed by atoms with van der Waals surface area (Å²) in [4.78, 5) is 27.3. The second-order valence-corrected chi connectivity index (χ2v) is 5.10. The third kappa shape index (κ3) is 1.89. The van der Waals surface area contributed by atoms with E-state index in [2.05, 4.69) is 4.89 Å². The number of benzene rings is 2. The Morgan fingerprint density at radius 3 is 2.58 bits per heavy atom. The molecule has 1 aromatic heterocycles. The van der Waals surface area contributed by atoms with Gasteiger partial charge in [-0.1, -0.05) is 12.1 Å². The van der Waals surface area contributed by atoms with E-state index in [1.165, 1.54) is 23.5 Å². The van der Waals surface area contributed by atoms with Crippen molar-refractivity contribution >= 4 is 37.5 Å². The summed E-state index contributed by atoms with van der Waals surface area (Å²) in [6.07, 6.45) is 0. The van der Waals surface area contributed by atoms with E-state index < -0.39 is 5.97 Å². The predicted molar refractivity (Wildman–Crippen MR) is 73.6 cm³/mol. The molecule has 0 aliphatic heterocycles. The molecule has 0 spiro atoms. The van der Waals surface area contributed by atoms with Gasteiger partial charge in [-0.3, -0.25) is 9.68 Å². The maximum Gasteiger partial charge on any atom is 0.372 e. The fourth-order valence-electron chi connectivity index (χ4n) is 1.98. The average molecular weight is 272 g/mol. The van der Waals surface area contributed by atoms with Crippen LogP contribution in [0.25, 0.3) is 20.2 Å². The minimum absolute atomic E-state index is 0.128. The normalized spacial score (nSPS) is 10.8. The Hall–Kier alpha value is -2.24. The van der Waals surface area contributed by atoms with Crippen molar-refractivity contribution in [1.82, 2.24) is 0 Å². The maximum absolute atomic E-state index is 12.3. The minimum Gasteiger partial charge on any atom is -0.296 e. The van der Waals surface area contributed by atoms with Gasteiger partial charge in [-0.05, 0) is 30.3 Å². The summed E-state index contributed by atoms with van der Waals surface area (Å²) in [6, 6.07) is 12.0. The summed E-state index contributed by atoms with van der Waals surface area (Å²) in [7, 11) is 0. The van der Waals surface area contributed by atoms with Crippen LogP contribution in [-0.2, 0) is 4.89 Å². The second-order valence-electron chi connectivity index (χ2n) is 4.02. The van der Waals surface area contributed by atoms with Gasteiger partial charge in [-0.25, -0.2) is 4.79 Å².